The van der Waals surface area contributed by atoms with E-state index in [4.69, 9.17) is 0 Å². The number of azo groups is 2. The fourth-order valence-corrected chi connectivity index (χ4v) is 2.38. The Hall–Kier alpha value is -3.94. The molecular weight excluding hydrogens is 358 g/mol. The highest BCUT2D eigenvalue weighted by Crippen LogP contribution is 2.28. The van der Waals surface area contributed by atoms with E-state index in [1.54, 1.807) is 49.4 Å². The van der Waals surface area contributed by atoms with Crippen LogP contribution >= 0.6 is 0 Å². The fourth-order valence-electron chi connectivity index (χ4n) is 2.38. The molecule has 0 spiro atoms. The number of rotatable bonds is 5. The lowest BCUT2D eigenvalue weighted by Crippen LogP contribution is -1.85. The van der Waals surface area contributed by atoms with Crippen molar-refractivity contribution in [2.45, 2.75) is 13.8 Å². The summed E-state index contributed by atoms with van der Waals surface area (Å²) in [5.41, 5.74) is 4.11. The summed E-state index contributed by atoms with van der Waals surface area (Å²) in [6.07, 6.45) is 0. The molecule has 0 fully saturated rings. The van der Waals surface area contributed by atoms with Gasteiger partial charge in [0.05, 0.1) is 27.7 Å². The van der Waals surface area contributed by atoms with Crippen molar-refractivity contribution < 1.29 is 10.0 Å². The van der Waals surface area contributed by atoms with Crippen LogP contribution < -0.4 is 0 Å². The predicted molar refractivity (Wildman–Crippen MR) is 105 cm³/mol. The Kier molecular flexibility index (Phi) is 5.50. The zero-order valence-electron chi connectivity index (χ0n) is 15.3. The van der Waals surface area contributed by atoms with Gasteiger partial charge in [0.25, 0.3) is 5.69 Å². The number of nitrogens with zero attached hydrogens (tertiary/aromatic N) is 5. The Morgan fingerprint density at radius 2 is 1.29 bits per heavy atom. The molecule has 0 aliphatic rings. The van der Waals surface area contributed by atoms with Gasteiger partial charge in [0.2, 0.25) is 0 Å². The van der Waals surface area contributed by atoms with Crippen molar-refractivity contribution in [2.24, 2.45) is 20.5 Å². The molecule has 0 saturated heterocycles. The summed E-state index contributed by atoms with van der Waals surface area (Å²) in [6, 6.07) is 16.2. The predicted octanol–water partition coefficient (Wildman–Crippen LogP) is 6.75. The first kappa shape index (κ1) is 18.8. The van der Waals surface area contributed by atoms with Crippen molar-refractivity contribution in [2.75, 3.05) is 0 Å². The fraction of sp³-hybridized carbons (Fsp3) is 0.100. The Morgan fingerprint density at radius 3 is 1.86 bits per heavy atom. The number of aryl methyl sites for hydroxylation is 2. The highest BCUT2D eigenvalue weighted by atomic mass is 16.6. The van der Waals surface area contributed by atoms with Crippen LogP contribution in [-0.4, -0.2) is 10.0 Å². The Bertz CT molecular complexity index is 1080. The molecule has 3 rings (SSSR count). The van der Waals surface area contributed by atoms with Crippen LogP contribution in [-0.2, 0) is 0 Å². The van der Waals surface area contributed by atoms with Gasteiger partial charge in [-0.2, -0.15) is 20.5 Å². The Balaban J connectivity index is 1.73. The van der Waals surface area contributed by atoms with E-state index in [9.17, 15) is 15.2 Å². The van der Waals surface area contributed by atoms with Crippen molar-refractivity contribution in [3.05, 3.63) is 81.9 Å². The third kappa shape index (κ3) is 4.61. The van der Waals surface area contributed by atoms with Gasteiger partial charge in [-0.1, -0.05) is 0 Å². The molecule has 140 valence electrons. The second-order valence-electron chi connectivity index (χ2n) is 6.12. The summed E-state index contributed by atoms with van der Waals surface area (Å²) in [7, 11) is 0. The van der Waals surface area contributed by atoms with Crippen molar-refractivity contribution >= 4 is 28.4 Å². The average Bonchev–Trinajstić information content (AvgIpc) is 2.68. The Morgan fingerprint density at radius 1 is 0.750 bits per heavy atom. The standard InChI is InChI=1S/C20H17N5O3/c1-13-11-16(22-23-17-6-10-20(26)14(2)12-17)5-9-19(13)24-21-15-3-7-18(8-4-15)25(27)28/h3-12,26H,1-2H3. The van der Waals surface area contributed by atoms with E-state index in [2.05, 4.69) is 20.5 Å². The van der Waals surface area contributed by atoms with Gasteiger partial charge in [-0.25, -0.2) is 0 Å². The van der Waals surface area contributed by atoms with Crippen LogP contribution in [0.3, 0.4) is 0 Å². The summed E-state index contributed by atoms with van der Waals surface area (Å²) >= 11 is 0. The molecule has 0 heterocycles. The molecule has 28 heavy (non-hydrogen) atoms. The topological polar surface area (TPSA) is 113 Å². The summed E-state index contributed by atoms with van der Waals surface area (Å²) in [5.74, 6) is 0.220. The maximum absolute atomic E-state index is 10.7. The largest absolute Gasteiger partial charge is 0.508 e. The van der Waals surface area contributed by atoms with Crippen LogP contribution in [0.5, 0.6) is 5.75 Å². The third-order valence-corrected chi connectivity index (χ3v) is 3.98. The van der Waals surface area contributed by atoms with Crippen molar-refractivity contribution in [3.8, 4) is 5.75 Å². The van der Waals surface area contributed by atoms with E-state index in [1.807, 2.05) is 13.0 Å². The van der Waals surface area contributed by atoms with Gasteiger partial charge in [-0.05, 0) is 73.5 Å². The van der Waals surface area contributed by atoms with Gasteiger partial charge >= 0.3 is 0 Å². The number of phenols is 1. The van der Waals surface area contributed by atoms with Crippen molar-refractivity contribution in [1.29, 1.82) is 0 Å². The average molecular weight is 375 g/mol. The van der Waals surface area contributed by atoms with Crippen molar-refractivity contribution in [3.63, 3.8) is 0 Å². The van der Waals surface area contributed by atoms with E-state index >= 15 is 0 Å². The zero-order chi connectivity index (χ0) is 20.1. The SMILES string of the molecule is Cc1cc(N=Nc2ccc(N=Nc3ccc([N+](=O)[O-])cc3)c(C)c2)ccc1O. The summed E-state index contributed by atoms with van der Waals surface area (Å²) < 4.78 is 0. The highest BCUT2D eigenvalue weighted by Gasteiger charge is 2.04. The maximum atomic E-state index is 10.7. The first-order chi connectivity index (χ1) is 13.4. The second-order valence-corrected chi connectivity index (χ2v) is 6.12. The van der Waals surface area contributed by atoms with Gasteiger partial charge in [-0.3, -0.25) is 10.1 Å². The monoisotopic (exact) mass is 375 g/mol. The number of benzene rings is 3. The lowest BCUT2D eigenvalue weighted by molar-refractivity contribution is -0.384. The third-order valence-electron chi connectivity index (χ3n) is 3.98. The highest BCUT2D eigenvalue weighted by molar-refractivity contribution is 5.54. The van der Waals surface area contributed by atoms with E-state index in [0.717, 1.165) is 11.1 Å². The molecular formula is C20H17N5O3. The number of hydrogen-bond acceptors (Lipinski definition) is 7. The molecule has 0 atom stereocenters. The van der Waals surface area contributed by atoms with Crippen LogP contribution in [0.4, 0.5) is 28.4 Å². The number of aromatic hydroxyl groups is 1. The minimum atomic E-state index is -0.460. The summed E-state index contributed by atoms with van der Waals surface area (Å²) in [5, 5.41) is 36.9. The van der Waals surface area contributed by atoms with Crippen LogP contribution in [0.2, 0.25) is 0 Å². The minimum absolute atomic E-state index is 0.00803. The molecule has 0 saturated carbocycles. The number of phenolic OH excluding ortho intramolecular Hbond substituents is 1. The number of nitro benzene ring substituents is 1. The van der Waals surface area contributed by atoms with Crippen LogP contribution in [0, 0.1) is 24.0 Å². The zero-order valence-corrected chi connectivity index (χ0v) is 15.3. The summed E-state index contributed by atoms with van der Waals surface area (Å²) in [6.45, 7) is 3.68. The van der Waals surface area contributed by atoms with Crippen LogP contribution in [0.15, 0.2) is 81.1 Å². The van der Waals surface area contributed by atoms with Crippen molar-refractivity contribution in [1.82, 2.24) is 0 Å². The molecule has 0 radical (unpaired) electrons. The molecule has 0 bridgehead atoms. The van der Waals surface area contributed by atoms with Crippen LogP contribution in [0.1, 0.15) is 11.1 Å². The molecule has 0 amide bonds. The normalized spacial score (nSPS) is 11.4. The first-order valence-corrected chi connectivity index (χ1v) is 8.40. The summed E-state index contributed by atoms with van der Waals surface area (Å²) in [4.78, 5) is 10.2. The van der Waals surface area contributed by atoms with E-state index in [1.165, 1.54) is 12.1 Å². The maximum Gasteiger partial charge on any atom is 0.269 e. The smallest absolute Gasteiger partial charge is 0.269 e. The molecule has 0 aromatic heterocycles. The van der Waals surface area contributed by atoms with Gasteiger partial charge in [-0.15, -0.1) is 0 Å². The van der Waals surface area contributed by atoms with E-state index in [-0.39, 0.29) is 11.4 Å². The second kappa shape index (κ2) is 8.17. The minimum Gasteiger partial charge on any atom is -0.508 e. The molecule has 0 aliphatic heterocycles. The first-order valence-electron chi connectivity index (χ1n) is 8.40. The van der Waals surface area contributed by atoms with Gasteiger partial charge in [0.15, 0.2) is 0 Å². The van der Waals surface area contributed by atoms with E-state index < -0.39 is 4.92 Å². The molecule has 1 N–H and O–H groups in total. The van der Waals surface area contributed by atoms with Gasteiger partial charge in [0, 0.05) is 12.1 Å². The van der Waals surface area contributed by atoms with Gasteiger partial charge < -0.3 is 5.11 Å². The lowest BCUT2D eigenvalue weighted by atomic mass is 10.2. The molecule has 8 nitrogen and oxygen atoms in total. The molecule has 0 aliphatic carbocycles. The quantitative estimate of drug-likeness (QED) is 0.302. The van der Waals surface area contributed by atoms with Gasteiger partial charge in [0.1, 0.15) is 5.75 Å². The van der Waals surface area contributed by atoms with E-state index in [0.29, 0.717) is 22.7 Å². The van der Waals surface area contributed by atoms with Crippen LogP contribution in [0.25, 0.3) is 0 Å². The number of nitro groups is 1. The molecule has 0 unspecified atom stereocenters. The molecule has 3 aromatic carbocycles. The molecule has 3 aromatic rings. The Labute approximate surface area is 161 Å². The molecule has 8 heteroatoms. The number of non-ortho nitro benzene ring substituents is 1. The lowest BCUT2D eigenvalue weighted by Gasteiger charge is -2.01. The number of hydrogen-bond donors (Lipinski definition) is 1.